The average molecular weight is 329 g/mol. The molecular weight excluding hydrogens is 306 g/mol. The highest BCUT2D eigenvalue weighted by Crippen LogP contribution is 2.41. The topological polar surface area (TPSA) is 60.0 Å². The standard InChI is InChI=1S/C19H23NO4/c1-22-15-6-4-14(5-7-15)19(12-21)16-11-18(24-3)17(23-2)10-13(16)8-9-20-19/h4-7,10-11,20-21H,8-9,12H2,1-3H3/t19-/m0/s1. The van der Waals surface area contributed by atoms with Crippen LogP contribution in [0.5, 0.6) is 17.2 Å². The van der Waals surface area contributed by atoms with E-state index in [1.165, 1.54) is 0 Å². The van der Waals surface area contributed by atoms with E-state index in [9.17, 15) is 5.11 Å². The van der Waals surface area contributed by atoms with Crippen LogP contribution in [0.3, 0.4) is 0 Å². The molecule has 2 aromatic carbocycles. The summed E-state index contributed by atoms with van der Waals surface area (Å²) in [7, 11) is 4.89. The van der Waals surface area contributed by atoms with Crippen LogP contribution in [0.1, 0.15) is 16.7 Å². The zero-order chi connectivity index (χ0) is 17.2. The zero-order valence-electron chi connectivity index (χ0n) is 14.3. The van der Waals surface area contributed by atoms with Crippen LogP contribution in [0.4, 0.5) is 0 Å². The molecule has 24 heavy (non-hydrogen) atoms. The van der Waals surface area contributed by atoms with E-state index in [1.807, 2.05) is 36.4 Å². The molecule has 128 valence electrons. The normalized spacial score (nSPS) is 19.5. The Morgan fingerprint density at radius 3 is 2.25 bits per heavy atom. The van der Waals surface area contributed by atoms with E-state index < -0.39 is 5.54 Å². The van der Waals surface area contributed by atoms with Crippen molar-refractivity contribution in [3.8, 4) is 17.2 Å². The molecule has 0 spiro atoms. The van der Waals surface area contributed by atoms with Gasteiger partial charge in [-0.2, -0.15) is 0 Å². The van der Waals surface area contributed by atoms with Gasteiger partial charge in [0, 0.05) is 6.54 Å². The van der Waals surface area contributed by atoms with Crippen molar-refractivity contribution in [1.82, 2.24) is 5.32 Å². The van der Waals surface area contributed by atoms with Gasteiger partial charge in [0.05, 0.1) is 33.5 Å². The predicted octanol–water partition coefficient (Wildman–Crippen LogP) is 2.09. The molecule has 0 aromatic heterocycles. The highest BCUT2D eigenvalue weighted by molar-refractivity contribution is 5.54. The number of aliphatic hydroxyl groups is 1. The van der Waals surface area contributed by atoms with Gasteiger partial charge in [-0.15, -0.1) is 0 Å². The quantitative estimate of drug-likeness (QED) is 0.880. The third-order valence-electron chi connectivity index (χ3n) is 4.71. The second-order valence-electron chi connectivity index (χ2n) is 5.83. The van der Waals surface area contributed by atoms with Gasteiger partial charge in [-0.1, -0.05) is 12.1 Å². The van der Waals surface area contributed by atoms with Crippen LogP contribution < -0.4 is 19.5 Å². The second kappa shape index (κ2) is 6.71. The zero-order valence-corrected chi connectivity index (χ0v) is 14.3. The van der Waals surface area contributed by atoms with Gasteiger partial charge in [0.1, 0.15) is 5.75 Å². The Hall–Kier alpha value is -2.24. The Kier molecular flexibility index (Phi) is 4.64. The van der Waals surface area contributed by atoms with Crippen LogP contribution in [0.2, 0.25) is 0 Å². The number of aliphatic hydroxyl groups excluding tert-OH is 1. The van der Waals surface area contributed by atoms with E-state index in [4.69, 9.17) is 14.2 Å². The van der Waals surface area contributed by atoms with Gasteiger partial charge >= 0.3 is 0 Å². The van der Waals surface area contributed by atoms with Crippen molar-refractivity contribution in [2.75, 3.05) is 34.5 Å². The van der Waals surface area contributed by atoms with Crippen LogP contribution >= 0.6 is 0 Å². The van der Waals surface area contributed by atoms with Gasteiger partial charge in [-0.3, -0.25) is 0 Å². The summed E-state index contributed by atoms with van der Waals surface area (Å²) in [6.45, 7) is 0.719. The third-order valence-corrected chi connectivity index (χ3v) is 4.71. The lowest BCUT2D eigenvalue weighted by atomic mass is 9.77. The molecular formula is C19H23NO4. The SMILES string of the molecule is COc1ccc([C@]2(CO)NCCc3cc(OC)c(OC)cc32)cc1. The maximum atomic E-state index is 10.3. The molecule has 1 aliphatic rings. The van der Waals surface area contributed by atoms with Crippen LogP contribution in [-0.4, -0.2) is 39.6 Å². The minimum atomic E-state index is -0.667. The van der Waals surface area contributed by atoms with Crippen molar-refractivity contribution in [2.24, 2.45) is 0 Å². The molecule has 0 unspecified atom stereocenters. The molecule has 0 aliphatic carbocycles. The molecule has 2 N–H and O–H groups in total. The largest absolute Gasteiger partial charge is 0.497 e. The molecule has 1 heterocycles. The van der Waals surface area contributed by atoms with E-state index >= 15 is 0 Å². The molecule has 2 aromatic rings. The minimum absolute atomic E-state index is 0.0538. The Morgan fingerprint density at radius 1 is 1.00 bits per heavy atom. The Balaban J connectivity index is 2.16. The first-order chi connectivity index (χ1) is 11.7. The van der Waals surface area contributed by atoms with Crippen molar-refractivity contribution in [2.45, 2.75) is 12.0 Å². The van der Waals surface area contributed by atoms with Crippen molar-refractivity contribution in [3.05, 3.63) is 53.1 Å². The van der Waals surface area contributed by atoms with Gasteiger partial charge in [0.25, 0.3) is 0 Å². The van der Waals surface area contributed by atoms with Crippen LogP contribution in [-0.2, 0) is 12.0 Å². The molecule has 0 radical (unpaired) electrons. The average Bonchev–Trinajstić information content (AvgIpc) is 2.66. The van der Waals surface area contributed by atoms with Gasteiger partial charge in [0.15, 0.2) is 11.5 Å². The van der Waals surface area contributed by atoms with Crippen molar-refractivity contribution in [1.29, 1.82) is 0 Å². The first-order valence-electron chi connectivity index (χ1n) is 7.94. The maximum absolute atomic E-state index is 10.3. The Labute approximate surface area is 142 Å². The van der Waals surface area contributed by atoms with E-state index in [2.05, 4.69) is 5.32 Å². The molecule has 0 bridgehead atoms. The van der Waals surface area contributed by atoms with E-state index in [1.54, 1.807) is 21.3 Å². The third kappa shape index (κ3) is 2.60. The Bertz CT molecular complexity index is 714. The molecule has 5 heteroatoms. The fourth-order valence-corrected chi connectivity index (χ4v) is 3.40. The summed E-state index contributed by atoms with van der Waals surface area (Å²) >= 11 is 0. The van der Waals surface area contributed by atoms with E-state index in [-0.39, 0.29) is 6.61 Å². The van der Waals surface area contributed by atoms with E-state index in [0.29, 0.717) is 11.5 Å². The highest BCUT2D eigenvalue weighted by atomic mass is 16.5. The summed E-state index contributed by atoms with van der Waals surface area (Å²) in [6.07, 6.45) is 0.869. The number of hydrogen-bond acceptors (Lipinski definition) is 5. The molecule has 1 aliphatic heterocycles. The summed E-state index contributed by atoms with van der Waals surface area (Å²) in [5.41, 5.74) is 2.48. The summed E-state index contributed by atoms with van der Waals surface area (Å²) in [5.74, 6) is 2.15. The molecule has 5 nitrogen and oxygen atoms in total. The highest BCUT2D eigenvalue weighted by Gasteiger charge is 2.38. The summed E-state index contributed by atoms with van der Waals surface area (Å²) in [4.78, 5) is 0. The summed E-state index contributed by atoms with van der Waals surface area (Å²) in [6, 6.07) is 11.7. The number of hydrogen-bond donors (Lipinski definition) is 2. The lowest BCUT2D eigenvalue weighted by molar-refractivity contribution is 0.184. The molecule has 0 amide bonds. The molecule has 0 fully saturated rings. The summed E-state index contributed by atoms with van der Waals surface area (Å²) in [5, 5.41) is 13.8. The Morgan fingerprint density at radius 2 is 1.67 bits per heavy atom. The molecule has 0 saturated carbocycles. The number of methoxy groups -OCH3 is 3. The fraction of sp³-hybridized carbons (Fsp3) is 0.368. The molecule has 1 atom stereocenters. The van der Waals surface area contributed by atoms with Crippen molar-refractivity contribution >= 4 is 0 Å². The van der Waals surface area contributed by atoms with Gasteiger partial charge < -0.3 is 24.6 Å². The van der Waals surface area contributed by atoms with E-state index in [0.717, 1.165) is 35.4 Å². The lowest BCUT2D eigenvalue weighted by Gasteiger charge is -2.40. The van der Waals surface area contributed by atoms with Crippen molar-refractivity contribution in [3.63, 3.8) is 0 Å². The molecule has 3 rings (SSSR count). The first-order valence-corrected chi connectivity index (χ1v) is 7.94. The van der Waals surface area contributed by atoms with Crippen LogP contribution in [0.25, 0.3) is 0 Å². The van der Waals surface area contributed by atoms with Crippen LogP contribution in [0.15, 0.2) is 36.4 Å². The smallest absolute Gasteiger partial charge is 0.161 e. The summed E-state index contributed by atoms with van der Waals surface area (Å²) < 4.78 is 16.1. The first kappa shape index (κ1) is 16.6. The minimum Gasteiger partial charge on any atom is -0.497 e. The number of benzene rings is 2. The number of ether oxygens (including phenoxy) is 3. The monoisotopic (exact) mass is 329 g/mol. The molecule has 0 saturated heterocycles. The van der Waals surface area contributed by atoms with Gasteiger partial charge in [0.2, 0.25) is 0 Å². The van der Waals surface area contributed by atoms with Gasteiger partial charge in [-0.25, -0.2) is 0 Å². The predicted molar refractivity (Wildman–Crippen MR) is 92.1 cm³/mol. The number of rotatable bonds is 5. The van der Waals surface area contributed by atoms with Crippen LogP contribution in [0, 0.1) is 0 Å². The number of fused-ring (bicyclic) bond motifs is 1. The van der Waals surface area contributed by atoms with Crippen molar-refractivity contribution < 1.29 is 19.3 Å². The maximum Gasteiger partial charge on any atom is 0.161 e. The second-order valence-corrected chi connectivity index (χ2v) is 5.83. The fourth-order valence-electron chi connectivity index (χ4n) is 3.40. The van der Waals surface area contributed by atoms with Gasteiger partial charge in [-0.05, 0) is 47.4 Å². The number of nitrogens with one attached hydrogen (secondary N) is 1. The lowest BCUT2D eigenvalue weighted by Crippen LogP contribution is -2.51.